The lowest BCUT2D eigenvalue weighted by molar-refractivity contribution is 0.746. The van der Waals surface area contributed by atoms with Crippen LogP contribution in [0.4, 0.5) is 0 Å². The third-order valence-electron chi connectivity index (χ3n) is 2.34. The lowest BCUT2D eigenvalue weighted by Gasteiger charge is -2.07. The van der Waals surface area contributed by atoms with Crippen molar-refractivity contribution in [3.63, 3.8) is 0 Å². The van der Waals surface area contributed by atoms with E-state index in [1.807, 2.05) is 6.08 Å². The number of nitrogens with two attached hydrogens (primary N) is 1. The van der Waals surface area contributed by atoms with Crippen molar-refractivity contribution >= 4 is 0 Å². The van der Waals surface area contributed by atoms with Crippen LogP contribution in [0.1, 0.15) is 27.7 Å². The van der Waals surface area contributed by atoms with E-state index in [4.69, 9.17) is 5.73 Å². The molecule has 0 unspecified atom stereocenters. The van der Waals surface area contributed by atoms with Gasteiger partial charge in [-0.2, -0.15) is 0 Å². The molecule has 0 saturated heterocycles. The largest absolute Gasteiger partial charge is 0.327 e. The van der Waals surface area contributed by atoms with Crippen molar-refractivity contribution in [3.05, 3.63) is 36.0 Å². The molecule has 0 fully saturated rings. The highest BCUT2D eigenvalue weighted by atomic mass is 14.5. The molecule has 0 bridgehead atoms. The molecule has 2 N–H and O–H groups in total. The smallest absolute Gasteiger partial charge is 0.0142 e. The van der Waals surface area contributed by atoms with Crippen molar-refractivity contribution in [2.75, 3.05) is 6.54 Å². The summed E-state index contributed by atoms with van der Waals surface area (Å²) in [6.07, 6.45) is 6.20. The van der Waals surface area contributed by atoms with Crippen molar-refractivity contribution in [2.45, 2.75) is 27.7 Å². The fraction of sp³-hybridized carbons (Fsp3) is 0.538. The van der Waals surface area contributed by atoms with Gasteiger partial charge in [-0.05, 0) is 11.8 Å². The maximum atomic E-state index is 5.63. The summed E-state index contributed by atoms with van der Waals surface area (Å²) in [6, 6.07) is 0. The van der Waals surface area contributed by atoms with Crippen molar-refractivity contribution in [1.29, 1.82) is 0 Å². The van der Waals surface area contributed by atoms with Crippen LogP contribution in [0.3, 0.4) is 0 Å². The predicted octanol–water partition coefficient (Wildman–Crippen LogP) is 3.30. The summed E-state index contributed by atoms with van der Waals surface area (Å²) in [5.41, 5.74) is 8.06. The summed E-state index contributed by atoms with van der Waals surface area (Å²) in [6.45, 7) is 13.2. The number of hydrogen-bond acceptors (Lipinski definition) is 1. The normalized spacial score (nSPS) is 13.2. The molecule has 0 rings (SSSR count). The molecule has 80 valence electrons. The van der Waals surface area contributed by atoms with Gasteiger partial charge in [0.25, 0.3) is 0 Å². The van der Waals surface area contributed by atoms with E-state index in [-0.39, 0.29) is 0 Å². The minimum absolute atomic E-state index is 0.514. The summed E-state index contributed by atoms with van der Waals surface area (Å²) in [4.78, 5) is 0. The molecule has 1 nitrogen and oxygen atoms in total. The first-order valence-electron chi connectivity index (χ1n) is 5.25. The monoisotopic (exact) mass is 193 g/mol. The molecule has 14 heavy (non-hydrogen) atoms. The Kier molecular flexibility index (Phi) is 6.22. The molecule has 0 spiro atoms. The van der Waals surface area contributed by atoms with Crippen molar-refractivity contribution < 1.29 is 0 Å². The van der Waals surface area contributed by atoms with Crippen LogP contribution >= 0.6 is 0 Å². The van der Waals surface area contributed by atoms with Gasteiger partial charge in [0.2, 0.25) is 0 Å². The third kappa shape index (κ3) is 5.03. The Bertz CT molecular complexity index is 232. The van der Waals surface area contributed by atoms with Gasteiger partial charge >= 0.3 is 0 Å². The minimum Gasteiger partial charge on any atom is -0.327 e. The fourth-order valence-corrected chi connectivity index (χ4v) is 0.984. The van der Waals surface area contributed by atoms with Gasteiger partial charge in [-0.25, -0.2) is 0 Å². The average Bonchev–Trinajstić information content (AvgIpc) is 2.11. The van der Waals surface area contributed by atoms with Gasteiger partial charge in [-0.1, -0.05) is 63.6 Å². The zero-order valence-corrected chi connectivity index (χ0v) is 9.88. The first-order valence-corrected chi connectivity index (χ1v) is 5.25. The molecule has 0 aliphatic rings. The Morgan fingerprint density at radius 1 is 1.21 bits per heavy atom. The molecule has 0 aromatic carbocycles. The summed E-state index contributed by atoms with van der Waals surface area (Å²) >= 11 is 0. The quantitative estimate of drug-likeness (QED) is 0.666. The second-order valence-corrected chi connectivity index (χ2v) is 4.19. The molecule has 0 atom stereocenters. The van der Waals surface area contributed by atoms with Crippen molar-refractivity contribution in [2.24, 2.45) is 17.6 Å². The molecular formula is C13H23N. The van der Waals surface area contributed by atoms with E-state index in [0.717, 1.165) is 5.57 Å². The van der Waals surface area contributed by atoms with Crippen LogP contribution in [0, 0.1) is 11.8 Å². The molecule has 0 heterocycles. The SMILES string of the molecule is C=C(/C=C\C=C(/CN)C(C)C)C(C)C. The van der Waals surface area contributed by atoms with E-state index >= 15 is 0 Å². The van der Waals surface area contributed by atoms with Crippen LogP contribution in [-0.4, -0.2) is 6.54 Å². The molecule has 0 aliphatic carbocycles. The summed E-state index contributed by atoms with van der Waals surface area (Å²) in [5.74, 6) is 1.04. The first-order chi connectivity index (χ1) is 6.49. The van der Waals surface area contributed by atoms with E-state index in [1.54, 1.807) is 0 Å². The van der Waals surface area contributed by atoms with Crippen molar-refractivity contribution in [1.82, 2.24) is 0 Å². The zero-order valence-electron chi connectivity index (χ0n) is 9.88. The fourth-order valence-electron chi connectivity index (χ4n) is 0.984. The Hall–Kier alpha value is -0.820. The van der Waals surface area contributed by atoms with E-state index in [1.165, 1.54) is 5.57 Å². The van der Waals surface area contributed by atoms with E-state index in [2.05, 4.69) is 46.4 Å². The molecule has 0 radical (unpaired) electrons. The van der Waals surface area contributed by atoms with Crippen LogP contribution in [0.15, 0.2) is 36.0 Å². The molecule has 0 amide bonds. The highest BCUT2D eigenvalue weighted by Crippen LogP contribution is 2.10. The van der Waals surface area contributed by atoms with E-state index < -0.39 is 0 Å². The van der Waals surface area contributed by atoms with Gasteiger partial charge in [0, 0.05) is 6.54 Å². The van der Waals surface area contributed by atoms with Crippen LogP contribution in [-0.2, 0) is 0 Å². The number of rotatable bonds is 5. The van der Waals surface area contributed by atoms with Crippen molar-refractivity contribution in [3.8, 4) is 0 Å². The second-order valence-electron chi connectivity index (χ2n) is 4.19. The van der Waals surface area contributed by atoms with Gasteiger partial charge in [0.1, 0.15) is 0 Å². The van der Waals surface area contributed by atoms with Gasteiger partial charge in [-0.15, -0.1) is 0 Å². The standard InChI is InChI=1S/C13H23N/c1-10(2)12(5)7-6-8-13(9-14)11(3)4/h6-8,10-11H,5,9,14H2,1-4H3/b7-6-,13-8+. The first kappa shape index (κ1) is 13.2. The van der Waals surface area contributed by atoms with Crippen LogP contribution in [0.2, 0.25) is 0 Å². The van der Waals surface area contributed by atoms with E-state index in [0.29, 0.717) is 18.4 Å². The summed E-state index contributed by atoms with van der Waals surface area (Å²) in [7, 11) is 0. The summed E-state index contributed by atoms with van der Waals surface area (Å²) < 4.78 is 0. The minimum atomic E-state index is 0.514. The Morgan fingerprint density at radius 3 is 2.14 bits per heavy atom. The second kappa shape index (κ2) is 6.61. The molecule has 0 aliphatic heterocycles. The predicted molar refractivity (Wildman–Crippen MR) is 65.1 cm³/mol. The molecule has 0 aromatic rings. The topological polar surface area (TPSA) is 26.0 Å². The molecular weight excluding hydrogens is 170 g/mol. The molecule has 1 heteroatoms. The maximum absolute atomic E-state index is 5.63. The Morgan fingerprint density at radius 2 is 1.79 bits per heavy atom. The lowest BCUT2D eigenvalue weighted by Crippen LogP contribution is -2.07. The zero-order chi connectivity index (χ0) is 11.1. The summed E-state index contributed by atoms with van der Waals surface area (Å²) in [5, 5.41) is 0. The van der Waals surface area contributed by atoms with Crippen LogP contribution in [0.25, 0.3) is 0 Å². The Balaban J connectivity index is 4.32. The number of allylic oxidation sites excluding steroid dienone is 4. The van der Waals surface area contributed by atoms with Gasteiger partial charge in [0.05, 0.1) is 0 Å². The lowest BCUT2D eigenvalue weighted by atomic mass is 10.0. The van der Waals surface area contributed by atoms with Gasteiger partial charge in [0.15, 0.2) is 0 Å². The highest BCUT2D eigenvalue weighted by Gasteiger charge is 1.98. The van der Waals surface area contributed by atoms with Crippen LogP contribution in [0.5, 0.6) is 0 Å². The van der Waals surface area contributed by atoms with Crippen LogP contribution < -0.4 is 5.73 Å². The third-order valence-corrected chi connectivity index (χ3v) is 2.34. The maximum Gasteiger partial charge on any atom is 0.0142 e. The molecule has 0 aromatic heterocycles. The van der Waals surface area contributed by atoms with Gasteiger partial charge < -0.3 is 5.73 Å². The average molecular weight is 193 g/mol. The Labute approximate surface area is 88.4 Å². The highest BCUT2D eigenvalue weighted by molar-refractivity contribution is 5.23. The molecule has 0 saturated carbocycles. The van der Waals surface area contributed by atoms with E-state index in [9.17, 15) is 0 Å². The van der Waals surface area contributed by atoms with Gasteiger partial charge in [-0.3, -0.25) is 0 Å². The number of hydrogen-bond donors (Lipinski definition) is 1.